The van der Waals surface area contributed by atoms with E-state index in [0.717, 1.165) is 18.9 Å². The molecule has 5 nitrogen and oxygen atoms in total. The molecule has 1 saturated carbocycles. The molecule has 6 heteroatoms. The van der Waals surface area contributed by atoms with Crippen molar-refractivity contribution in [3.8, 4) is 5.75 Å². The maximum absolute atomic E-state index is 11.8. The van der Waals surface area contributed by atoms with Gasteiger partial charge in [0, 0.05) is 19.2 Å². The number of rotatable bonds is 6. The summed E-state index contributed by atoms with van der Waals surface area (Å²) in [6, 6.07) is 5.23. The molecule has 21 heavy (non-hydrogen) atoms. The minimum Gasteiger partial charge on any atom is -0.482 e. The highest BCUT2D eigenvalue weighted by Gasteiger charge is 2.29. The highest BCUT2D eigenvalue weighted by atomic mass is 35.5. The molecule has 0 heterocycles. The second-order valence-electron chi connectivity index (χ2n) is 4.89. The van der Waals surface area contributed by atoms with Crippen LogP contribution in [0.5, 0.6) is 5.75 Å². The van der Waals surface area contributed by atoms with Gasteiger partial charge in [0.25, 0.3) is 5.91 Å². The van der Waals surface area contributed by atoms with Gasteiger partial charge in [-0.05, 0) is 36.6 Å². The maximum atomic E-state index is 11.8. The van der Waals surface area contributed by atoms with Crippen LogP contribution >= 0.6 is 11.6 Å². The molecule has 1 fully saturated rings. The van der Waals surface area contributed by atoms with Gasteiger partial charge in [0.1, 0.15) is 5.75 Å². The van der Waals surface area contributed by atoms with Crippen LogP contribution in [0.1, 0.15) is 18.4 Å². The molecule has 0 unspecified atom stereocenters. The van der Waals surface area contributed by atoms with E-state index in [2.05, 4.69) is 0 Å². The second-order valence-corrected chi connectivity index (χ2v) is 5.29. The Balaban J connectivity index is 1.94. The van der Waals surface area contributed by atoms with Crippen LogP contribution in [-0.4, -0.2) is 41.6 Å². The molecular formula is C15H16ClNO4. The molecule has 1 aromatic carbocycles. The van der Waals surface area contributed by atoms with Crippen molar-refractivity contribution >= 4 is 29.6 Å². The normalized spacial score (nSPS) is 14.2. The zero-order valence-corrected chi connectivity index (χ0v) is 12.3. The first-order valence-corrected chi connectivity index (χ1v) is 6.94. The number of carbonyl (C=O) groups is 2. The number of nitrogens with zero attached hydrogens (tertiary/aromatic N) is 1. The molecule has 0 radical (unpaired) electrons. The van der Waals surface area contributed by atoms with E-state index in [9.17, 15) is 9.59 Å². The van der Waals surface area contributed by atoms with Crippen LogP contribution in [0.25, 0.3) is 6.08 Å². The van der Waals surface area contributed by atoms with Crippen molar-refractivity contribution in [3.63, 3.8) is 0 Å². The van der Waals surface area contributed by atoms with Crippen molar-refractivity contribution in [2.24, 2.45) is 0 Å². The van der Waals surface area contributed by atoms with Crippen LogP contribution in [0, 0.1) is 0 Å². The molecule has 1 N–H and O–H groups in total. The molecule has 1 aromatic rings. The van der Waals surface area contributed by atoms with Crippen molar-refractivity contribution in [3.05, 3.63) is 34.9 Å². The Labute approximate surface area is 127 Å². The molecule has 0 bridgehead atoms. The van der Waals surface area contributed by atoms with E-state index < -0.39 is 5.97 Å². The fourth-order valence-electron chi connectivity index (χ4n) is 1.81. The van der Waals surface area contributed by atoms with Gasteiger partial charge in [0.05, 0.1) is 5.02 Å². The fraction of sp³-hybridized carbons (Fsp3) is 0.333. The van der Waals surface area contributed by atoms with Gasteiger partial charge < -0.3 is 14.7 Å². The van der Waals surface area contributed by atoms with Gasteiger partial charge in [-0.25, -0.2) is 4.79 Å². The number of carboxylic acids is 1. The number of likely N-dealkylation sites (N-methyl/N-ethyl adjacent to an activating group) is 1. The van der Waals surface area contributed by atoms with Gasteiger partial charge in [0.2, 0.25) is 0 Å². The third kappa shape index (κ3) is 4.49. The smallest absolute Gasteiger partial charge is 0.328 e. The molecule has 1 amide bonds. The number of halogens is 1. The molecule has 2 rings (SSSR count). The van der Waals surface area contributed by atoms with Crippen molar-refractivity contribution in [1.29, 1.82) is 0 Å². The number of ether oxygens (including phenoxy) is 1. The summed E-state index contributed by atoms with van der Waals surface area (Å²) < 4.78 is 5.41. The zero-order chi connectivity index (χ0) is 15.4. The fourth-order valence-corrected chi connectivity index (χ4v) is 2.06. The lowest BCUT2D eigenvalue weighted by Gasteiger charge is -2.16. The number of carbonyl (C=O) groups excluding carboxylic acids is 1. The average molecular weight is 310 g/mol. The highest BCUT2D eigenvalue weighted by molar-refractivity contribution is 6.32. The van der Waals surface area contributed by atoms with Gasteiger partial charge >= 0.3 is 5.97 Å². The van der Waals surface area contributed by atoms with Crippen molar-refractivity contribution in [1.82, 2.24) is 4.90 Å². The van der Waals surface area contributed by atoms with E-state index in [1.54, 1.807) is 30.1 Å². The van der Waals surface area contributed by atoms with Crippen LogP contribution < -0.4 is 4.74 Å². The molecule has 0 spiro atoms. The lowest BCUT2D eigenvalue weighted by Crippen LogP contribution is -2.33. The SMILES string of the molecule is CN(C(=O)COc1ccc(C=CC(=O)O)cc1Cl)C1CC1. The second kappa shape index (κ2) is 6.63. The van der Waals surface area contributed by atoms with Crippen molar-refractivity contribution in [2.75, 3.05) is 13.7 Å². The number of aliphatic carboxylic acids is 1. The molecule has 1 aliphatic carbocycles. The molecule has 0 aliphatic heterocycles. The topological polar surface area (TPSA) is 66.8 Å². The van der Waals surface area contributed by atoms with Crippen LogP contribution in [-0.2, 0) is 9.59 Å². The van der Waals surface area contributed by atoms with Crippen LogP contribution in [0.3, 0.4) is 0 Å². The summed E-state index contributed by atoms with van der Waals surface area (Å²) in [6.07, 6.45) is 4.56. The minimum atomic E-state index is -1.03. The standard InChI is InChI=1S/C15H16ClNO4/c1-17(11-4-5-11)14(18)9-21-13-6-2-10(8-12(13)16)3-7-15(19)20/h2-3,6-8,11H,4-5,9H2,1H3,(H,19,20). The molecule has 0 atom stereocenters. The summed E-state index contributed by atoms with van der Waals surface area (Å²) in [7, 11) is 1.77. The number of benzene rings is 1. The molecule has 112 valence electrons. The zero-order valence-electron chi connectivity index (χ0n) is 11.6. The van der Waals surface area contributed by atoms with E-state index in [4.69, 9.17) is 21.4 Å². The summed E-state index contributed by atoms with van der Waals surface area (Å²) in [5.41, 5.74) is 0.649. The van der Waals surface area contributed by atoms with Crippen molar-refractivity contribution in [2.45, 2.75) is 18.9 Å². The molecule has 0 aromatic heterocycles. The molecule has 0 saturated heterocycles. The largest absolute Gasteiger partial charge is 0.482 e. The van der Waals surface area contributed by atoms with Crippen LogP contribution in [0.15, 0.2) is 24.3 Å². The lowest BCUT2D eigenvalue weighted by atomic mass is 10.2. The Morgan fingerprint density at radius 3 is 2.76 bits per heavy atom. The van der Waals surface area contributed by atoms with Gasteiger partial charge in [-0.15, -0.1) is 0 Å². The van der Waals surface area contributed by atoms with E-state index in [1.165, 1.54) is 6.08 Å². The predicted molar refractivity (Wildman–Crippen MR) is 79.4 cm³/mol. The summed E-state index contributed by atoms with van der Waals surface area (Å²) in [5.74, 6) is -0.703. The first kappa shape index (κ1) is 15.4. The minimum absolute atomic E-state index is 0.0585. The van der Waals surface area contributed by atoms with Gasteiger partial charge in [-0.2, -0.15) is 0 Å². The Morgan fingerprint density at radius 2 is 2.19 bits per heavy atom. The van der Waals surface area contributed by atoms with Crippen LogP contribution in [0.4, 0.5) is 0 Å². The van der Waals surface area contributed by atoms with E-state index in [1.807, 2.05) is 0 Å². The van der Waals surface area contributed by atoms with Crippen LogP contribution in [0.2, 0.25) is 5.02 Å². The quantitative estimate of drug-likeness (QED) is 0.820. The summed E-state index contributed by atoms with van der Waals surface area (Å²) in [6.45, 7) is -0.0585. The van der Waals surface area contributed by atoms with E-state index in [-0.39, 0.29) is 12.5 Å². The van der Waals surface area contributed by atoms with Gasteiger partial charge in [0.15, 0.2) is 6.61 Å². The number of carboxylic acid groups (broad SMARTS) is 1. The first-order valence-electron chi connectivity index (χ1n) is 6.56. The Hall–Kier alpha value is -2.01. The van der Waals surface area contributed by atoms with Crippen molar-refractivity contribution < 1.29 is 19.4 Å². The molecular weight excluding hydrogens is 294 g/mol. The Morgan fingerprint density at radius 1 is 1.48 bits per heavy atom. The lowest BCUT2D eigenvalue weighted by molar-refractivity contribution is -0.133. The van der Waals surface area contributed by atoms with Gasteiger partial charge in [-0.3, -0.25) is 4.79 Å². The number of amides is 1. The average Bonchev–Trinajstić information content (AvgIpc) is 3.27. The van der Waals surface area contributed by atoms with E-state index >= 15 is 0 Å². The summed E-state index contributed by atoms with van der Waals surface area (Å²) in [5, 5.41) is 8.90. The number of hydrogen-bond donors (Lipinski definition) is 1. The Bertz CT molecular complexity index is 581. The highest BCUT2D eigenvalue weighted by Crippen LogP contribution is 2.27. The third-order valence-corrected chi connectivity index (χ3v) is 3.51. The Kier molecular flexibility index (Phi) is 4.85. The molecule has 1 aliphatic rings. The number of hydrogen-bond acceptors (Lipinski definition) is 3. The van der Waals surface area contributed by atoms with E-state index in [0.29, 0.717) is 22.4 Å². The predicted octanol–water partition coefficient (Wildman–Crippen LogP) is 2.44. The van der Waals surface area contributed by atoms with Gasteiger partial charge in [-0.1, -0.05) is 17.7 Å². The summed E-state index contributed by atoms with van der Waals surface area (Å²) in [4.78, 5) is 24.0. The third-order valence-electron chi connectivity index (χ3n) is 3.21. The summed E-state index contributed by atoms with van der Waals surface area (Å²) >= 11 is 6.05. The first-order chi connectivity index (χ1) is 9.97. The maximum Gasteiger partial charge on any atom is 0.328 e. The monoisotopic (exact) mass is 309 g/mol.